The third-order valence-corrected chi connectivity index (χ3v) is 4.96. The Morgan fingerprint density at radius 2 is 1.95 bits per heavy atom. The van der Waals surface area contributed by atoms with E-state index < -0.39 is 10.0 Å². The molecular weight excluding hydrogens is 296 g/mol. The fourth-order valence-corrected chi connectivity index (χ4v) is 3.69. The molecule has 1 aliphatic heterocycles. The minimum atomic E-state index is -3.71. The Bertz CT molecular complexity index is 590. The van der Waals surface area contributed by atoms with Gasteiger partial charge in [0, 0.05) is 26.3 Å². The lowest BCUT2D eigenvalue weighted by atomic mass is 10.2. The molecule has 0 saturated carbocycles. The molecule has 1 aromatic carbocycles. The topological polar surface area (TPSA) is 85.9 Å². The van der Waals surface area contributed by atoms with Crippen LogP contribution in [0, 0.1) is 0 Å². The van der Waals surface area contributed by atoms with Crippen molar-refractivity contribution in [3.63, 3.8) is 0 Å². The van der Waals surface area contributed by atoms with E-state index in [-0.39, 0.29) is 22.8 Å². The molecule has 0 radical (unpaired) electrons. The molecule has 2 atom stereocenters. The van der Waals surface area contributed by atoms with Gasteiger partial charge in [-0.2, -0.15) is 0 Å². The van der Waals surface area contributed by atoms with E-state index in [1.54, 1.807) is 13.2 Å². The first-order valence-electron chi connectivity index (χ1n) is 6.49. The lowest BCUT2D eigenvalue weighted by Gasteiger charge is -2.19. The maximum Gasteiger partial charge on any atom is 0.244 e. The van der Waals surface area contributed by atoms with Crippen molar-refractivity contribution in [2.45, 2.75) is 17.0 Å². The molecule has 21 heavy (non-hydrogen) atoms. The van der Waals surface area contributed by atoms with Crippen LogP contribution >= 0.6 is 0 Å². The molecule has 1 saturated heterocycles. The van der Waals surface area contributed by atoms with Gasteiger partial charge in [0.1, 0.15) is 16.4 Å². The predicted molar refractivity (Wildman–Crippen MR) is 77.3 cm³/mol. The quantitative estimate of drug-likeness (QED) is 0.766. The minimum Gasteiger partial charge on any atom is -0.497 e. The van der Waals surface area contributed by atoms with Gasteiger partial charge in [0.05, 0.1) is 26.4 Å². The predicted octanol–water partition coefficient (Wildman–Crippen LogP) is -0.0311. The van der Waals surface area contributed by atoms with E-state index in [4.69, 9.17) is 14.2 Å². The molecule has 1 heterocycles. The van der Waals surface area contributed by atoms with Crippen LogP contribution in [0.5, 0.6) is 11.5 Å². The van der Waals surface area contributed by atoms with Gasteiger partial charge in [-0.05, 0) is 12.1 Å². The second-order valence-corrected chi connectivity index (χ2v) is 6.36. The second kappa shape index (κ2) is 6.61. The van der Waals surface area contributed by atoms with Crippen molar-refractivity contribution >= 4 is 10.0 Å². The standard InChI is InChI=1S/C13H20N2O5S/c1-18-9-4-5-13(11(6-9)19-2)21(16,17)15-10-7-14-8-12(10)20-3/h4-6,10,12,14-15H,7-8H2,1-3H3/t10?,12-/m0/s1. The van der Waals surface area contributed by atoms with Crippen LogP contribution in [0.15, 0.2) is 23.1 Å². The van der Waals surface area contributed by atoms with E-state index >= 15 is 0 Å². The van der Waals surface area contributed by atoms with Crippen LogP contribution in [-0.2, 0) is 14.8 Å². The largest absolute Gasteiger partial charge is 0.497 e. The molecule has 1 unspecified atom stereocenters. The van der Waals surface area contributed by atoms with Crippen LogP contribution in [-0.4, -0.2) is 55.0 Å². The summed E-state index contributed by atoms with van der Waals surface area (Å²) in [5, 5.41) is 3.09. The summed E-state index contributed by atoms with van der Waals surface area (Å²) < 4.78 is 43.1. The van der Waals surface area contributed by atoms with Gasteiger partial charge in [0.15, 0.2) is 0 Å². The van der Waals surface area contributed by atoms with Crippen molar-refractivity contribution < 1.29 is 22.6 Å². The summed E-state index contributed by atoms with van der Waals surface area (Å²) in [7, 11) is 0.785. The fraction of sp³-hybridized carbons (Fsp3) is 0.538. The second-order valence-electron chi connectivity index (χ2n) is 4.68. The highest BCUT2D eigenvalue weighted by molar-refractivity contribution is 7.89. The van der Waals surface area contributed by atoms with Gasteiger partial charge in [-0.15, -0.1) is 0 Å². The normalized spacial score (nSPS) is 22.2. The van der Waals surface area contributed by atoms with E-state index in [2.05, 4.69) is 10.0 Å². The number of benzene rings is 1. The molecule has 2 rings (SSSR count). The lowest BCUT2D eigenvalue weighted by Crippen LogP contribution is -2.43. The third-order valence-electron chi connectivity index (χ3n) is 3.43. The lowest BCUT2D eigenvalue weighted by molar-refractivity contribution is 0.103. The SMILES string of the molecule is COc1ccc(S(=O)(=O)NC2CNC[C@@H]2OC)c(OC)c1. The zero-order chi connectivity index (χ0) is 15.5. The number of hydrogen-bond acceptors (Lipinski definition) is 6. The highest BCUT2D eigenvalue weighted by Crippen LogP contribution is 2.28. The van der Waals surface area contributed by atoms with Gasteiger partial charge in [0.25, 0.3) is 0 Å². The van der Waals surface area contributed by atoms with Crippen LogP contribution < -0.4 is 19.5 Å². The van der Waals surface area contributed by atoms with Crippen molar-refractivity contribution in [3.05, 3.63) is 18.2 Å². The minimum absolute atomic E-state index is 0.0764. The van der Waals surface area contributed by atoms with Gasteiger partial charge < -0.3 is 19.5 Å². The van der Waals surface area contributed by atoms with Crippen molar-refractivity contribution in [1.82, 2.24) is 10.0 Å². The van der Waals surface area contributed by atoms with Gasteiger partial charge in [-0.3, -0.25) is 0 Å². The van der Waals surface area contributed by atoms with E-state index in [1.807, 2.05) is 0 Å². The summed E-state index contributed by atoms with van der Waals surface area (Å²) in [6, 6.07) is 4.27. The Morgan fingerprint density at radius 1 is 1.19 bits per heavy atom. The zero-order valence-corrected chi connectivity index (χ0v) is 13.1. The summed E-state index contributed by atoms with van der Waals surface area (Å²) in [6.45, 7) is 1.14. The van der Waals surface area contributed by atoms with Gasteiger partial charge in [-0.1, -0.05) is 0 Å². The van der Waals surface area contributed by atoms with E-state index in [0.717, 1.165) is 0 Å². The highest BCUT2D eigenvalue weighted by atomic mass is 32.2. The van der Waals surface area contributed by atoms with Gasteiger partial charge >= 0.3 is 0 Å². The number of hydrogen-bond donors (Lipinski definition) is 2. The molecule has 0 amide bonds. The molecule has 0 bridgehead atoms. The molecule has 0 aliphatic carbocycles. The average Bonchev–Trinajstić information content (AvgIpc) is 2.92. The third kappa shape index (κ3) is 3.46. The molecule has 7 nitrogen and oxygen atoms in total. The monoisotopic (exact) mass is 316 g/mol. The maximum atomic E-state index is 12.5. The number of ether oxygens (including phenoxy) is 3. The Hall–Kier alpha value is -1.35. The van der Waals surface area contributed by atoms with Crippen LogP contribution in [0.3, 0.4) is 0 Å². The van der Waals surface area contributed by atoms with Crippen LogP contribution in [0.4, 0.5) is 0 Å². The molecule has 2 N–H and O–H groups in total. The smallest absolute Gasteiger partial charge is 0.244 e. The average molecular weight is 316 g/mol. The summed E-state index contributed by atoms with van der Waals surface area (Å²) >= 11 is 0. The molecular formula is C13H20N2O5S. The molecule has 1 fully saturated rings. The fourth-order valence-electron chi connectivity index (χ4n) is 2.28. The van der Waals surface area contributed by atoms with Crippen molar-refractivity contribution in [3.8, 4) is 11.5 Å². The summed E-state index contributed by atoms with van der Waals surface area (Å²) in [5.41, 5.74) is 0. The Kier molecular flexibility index (Phi) is 5.04. The maximum absolute atomic E-state index is 12.5. The highest BCUT2D eigenvalue weighted by Gasteiger charge is 2.32. The molecule has 0 spiro atoms. The summed E-state index contributed by atoms with van der Waals surface area (Å²) in [4.78, 5) is 0.0764. The number of nitrogens with one attached hydrogen (secondary N) is 2. The van der Waals surface area contributed by atoms with Crippen molar-refractivity contribution in [2.24, 2.45) is 0 Å². The summed E-state index contributed by atoms with van der Waals surface area (Å²) in [6.07, 6.45) is -0.191. The first-order valence-corrected chi connectivity index (χ1v) is 7.98. The number of sulfonamides is 1. The van der Waals surface area contributed by atoms with Crippen molar-refractivity contribution in [2.75, 3.05) is 34.4 Å². The number of rotatable bonds is 6. The Balaban J connectivity index is 2.27. The molecule has 8 heteroatoms. The first kappa shape index (κ1) is 16.0. The van der Waals surface area contributed by atoms with E-state index in [9.17, 15) is 8.42 Å². The summed E-state index contributed by atoms with van der Waals surface area (Å²) in [5.74, 6) is 0.768. The Morgan fingerprint density at radius 3 is 2.57 bits per heavy atom. The van der Waals surface area contributed by atoms with Crippen LogP contribution in [0.1, 0.15) is 0 Å². The molecule has 1 aromatic rings. The van der Waals surface area contributed by atoms with Crippen LogP contribution in [0.25, 0.3) is 0 Å². The molecule has 1 aliphatic rings. The van der Waals surface area contributed by atoms with Gasteiger partial charge in [-0.25, -0.2) is 13.1 Å². The zero-order valence-electron chi connectivity index (χ0n) is 12.3. The Labute approximate surface area is 124 Å². The van der Waals surface area contributed by atoms with Gasteiger partial charge in [0.2, 0.25) is 10.0 Å². The van der Waals surface area contributed by atoms with E-state index in [0.29, 0.717) is 18.8 Å². The van der Waals surface area contributed by atoms with Crippen LogP contribution in [0.2, 0.25) is 0 Å². The molecule has 0 aromatic heterocycles. The first-order chi connectivity index (χ1) is 10.0. The van der Waals surface area contributed by atoms with E-state index in [1.165, 1.54) is 26.4 Å². The van der Waals surface area contributed by atoms with Crippen molar-refractivity contribution in [1.29, 1.82) is 0 Å². The molecule has 118 valence electrons. The number of methoxy groups -OCH3 is 3.